The SMILES string of the molecule is CCN(CC1CCCCN1)C(C)Cc1ccccc1OC. The number of rotatable bonds is 7. The molecule has 1 aliphatic rings. The normalized spacial score (nSPS) is 20.5. The van der Waals surface area contributed by atoms with Crippen LogP contribution in [0.2, 0.25) is 0 Å². The number of methoxy groups -OCH3 is 1. The molecule has 3 heteroatoms. The Morgan fingerprint density at radius 1 is 1.33 bits per heavy atom. The number of benzene rings is 1. The minimum absolute atomic E-state index is 0.537. The summed E-state index contributed by atoms with van der Waals surface area (Å²) in [6.07, 6.45) is 5.07. The Bertz CT molecular complexity index is 415. The molecule has 1 aliphatic heterocycles. The molecule has 1 heterocycles. The monoisotopic (exact) mass is 290 g/mol. The van der Waals surface area contributed by atoms with E-state index >= 15 is 0 Å². The number of nitrogens with zero attached hydrogens (tertiary/aromatic N) is 1. The Hall–Kier alpha value is -1.06. The molecule has 2 rings (SSSR count). The van der Waals surface area contributed by atoms with Crippen molar-refractivity contribution in [3.05, 3.63) is 29.8 Å². The van der Waals surface area contributed by atoms with Crippen molar-refractivity contribution in [2.75, 3.05) is 26.7 Å². The number of ether oxygens (including phenoxy) is 1. The van der Waals surface area contributed by atoms with Crippen LogP contribution in [0.4, 0.5) is 0 Å². The highest BCUT2D eigenvalue weighted by Crippen LogP contribution is 2.21. The first-order chi connectivity index (χ1) is 10.2. The molecular weight excluding hydrogens is 260 g/mol. The zero-order chi connectivity index (χ0) is 15.1. The Labute approximate surface area is 129 Å². The highest BCUT2D eigenvalue weighted by Gasteiger charge is 2.20. The fraction of sp³-hybridized carbons (Fsp3) is 0.667. The molecule has 3 nitrogen and oxygen atoms in total. The molecule has 2 atom stereocenters. The smallest absolute Gasteiger partial charge is 0.122 e. The Kier molecular flexibility index (Phi) is 6.52. The van der Waals surface area contributed by atoms with Gasteiger partial charge in [0.05, 0.1) is 7.11 Å². The van der Waals surface area contributed by atoms with E-state index in [9.17, 15) is 0 Å². The summed E-state index contributed by atoms with van der Waals surface area (Å²) in [5, 5.41) is 3.66. The Morgan fingerprint density at radius 3 is 2.81 bits per heavy atom. The molecule has 1 saturated heterocycles. The summed E-state index contributed by atoms with van der Waals surface area (Å²) < 4.78 is 5.48. The maximum absolute atomic E-state index is 5.48. The van der Waals surface area contributed by atoms with Crippen LogP contribution in [0.3, 0.4) is 0 Å². The third-order valence-corrected chi connectivity index (χ3v) is 4.60. The fourth-order valence-electron chi connectivity index (χ4n) is 3.30. The quantitative estimate of drug-likeness (QED) is 0.835. The van der Waals surface area contributed by atoms with Crippen LogP contribution in [-0.2, 0) is 6.42 Å². The van der Waals surface area contributed by atoms with Gasteiger partial charge in [-0.3, -0.25) is 4.90 Å². The molecule has 0 saturated carbocycles. The summed E-state index contributed by atoms with van der Waals surface area (Å²) in [6, 6.07) is 9.58. The minimum atomic E-state index is 0.537. The molecule has 0 radical (unpaired) electrons. The van der Waals surface area contributed by atoms with E-state index in [1.807, 2.05) is 6.07 Å². The van der Waals surface area contributed by atoms with Crippen molar-refractivity contribution in [3.8, 4) is 5.75 Å². The van der Waals surface area contributed by atoms with Gasteiger partial charge in [-0.15, -0.1) is 0 Å². The Morgan fingerprint density at radius 2 is 2.14 bits per heavy atom. The summed E-state index contributed by atoms with van der Waals surface area (Å²) in [6.45, 7) is 8.05. The van der Waals surface area contributed by atoms with Crippen LogP contribution < -0.4 is 10.1 Å². The van der Waals surface area contributed by atoms with Crippen LogP contribution in [-0.4, -0.2) is 43.7 Å². The standard InChI is InChI=1S/C18H30N2O/c1-4-20(14-17-10-7-8-12-19-17)15(2)13-16-9-5-6-11-18(16)21-3/h5-6,9,11,15,17,19H,4,7-8,10,12-14H2,1-3H3. The van der Waals surface area contributed by atoms with Gasteiger partial charge in [-0.25, -0.2) is 0 Å². The average molecular weight is 290 g/mol. The molecule has 0 aliphatic carbocycles. The van der Waals surface area contributed by atoms with Gasteiger partial charge in [0.2, 0.25) is 0 Å². The van der Waals surface area contributed by atoms with Gasteiger partial charge in [-0.05, 0) is 50.9 Å². The van der Waals surface area contributed by atoms with Crippen molar-refractivity contribution in [2.24, 2.45) is 0 Å². The van der Waals surface area contributed by atoms with Crippen LogP contribution in [0.15, 0.2) is 24.3 Å². The summed E-state index contributed by atoms with van der Waals surface area (Å²) in [5.74, 6) is 1.01. The van der Waals surface area contributed by atoms with E-state index in [0.717, 1.165) is 25.3 Å². The van der Waals surface area contributed by atoms with Crippen LogP contribution in [0.5, 0.6) is 5.75 Å². The van der Waals surface area contributed by atoms with Gasteiger partial charge >= 0.3 is 0 Å². The van der Waals surface area contributed by atoms with Gasteiger partial charge in [-0.2, -0.15) is 0 Å². The number of piperidine rings is 1. The molecule has 0 amide bonds. The van der Waals surface area contributed by atoms with Gasteiger partial charge in [0.15, 0.2) is 0 Å². The van der Waals surface area contributed by atoms with Crippen molar-refractivity contribution < 1.29 is 4.74 Å². The number of para-hydroxylation sites is 1. The summed E-state index contributed by atoms with van der Waals surface area (Å²) in [7, 11) is 1.76. The lowest BCUT2D eigenvalue weighted by molar-refractivity contribution is 0.182. The van der Waals surface area contributed by atoms with Gasteiger partial charge in [0, 0.05) is 18.6 Å². The minimum Gasteiger partial charge on any atom is -0.496 e. The van der Waals surface area contributed by atoms with Crippen LogP contribution in [0.25, 0.3) is 0 Å². The molecule has 1 fully saturated rings. The number of hydrogen-bond acceptors (Lipinski definition) is 3. The molecule has 2 unspecified atom stereocenters. The van der Waals surface area contributed by atoms with Gasteiger partial charge < -0.3 is 10.1 Å². The lowest BCUT2D eigenvalue weighted by Crippen LogP contribution is -2.47. The van der Waals surface area contributed by atoms with E-state index in [-0.39, 0.29) is 0 Å². The lowest BCUT2D eigenvalue weighted by atomic mass is 10.0. The topological polar surface area (TPSA) is 24.5 Å². The van der Waals surface area contributed by atoms with E-state index in [2.05, 4.69) is 42.3 Å². The third-order valence-electron chi connectivity index (χ3n) is 4.60. The summed E-state index contributed by atoms with van der Waals surface area (Å²) >= 11 is 0. The van der Waals surface area contributed by atoms with Crippen molar-refractivity contribution in [3.63, 3.8) is 0 Å². The summed E-state index contributed by atoms with van der Waals surface area (Å²) in [5.41, 5.74) is 1.31. The van der Waals surface area contributed by atoms with E-state index in [1.165, 1.54) is 31.4 Å². The molecule has 1 aromatic rings. The number of likely N-dealkylation sites (N-methyl/N-ethyl adjacent to an activating group) is 1. The van der Waals surface area contributed by atoms with Crippen LogP contribution in [0, 0.1) is 0 Å². The maximum atomic E-state index is 5.48. The van der Waals surface area contributed by atoms with E-state index in [1.54, 1.807) is 7.11 Å². The first kappa shape index (κ1) is 16.3. The van der Waals surface area contributed by atoms with Gasteiger partial charge in [0.25, 0.3) is 0 Å². The number of hydrogen-bond donors (Lipinski definition) is 1. The molecule has 0 bridgehead atoms. The second kappa shape index (κ2) is 8.40. The van der Waals surface area contributed by atoms with Crippen molar-refractivity contribution in [1.82, 2.24) is 10.2 Å². The van der Waals surface area contributed by atoms with E-state index in [0.29, 0.717) is 12.1 Å². The third kappa shape index (κ3) is 4.72. The molecular formula is C18H30N2O. The Balaban J connectivity index is 1.94. The highest BCUT2D eigenvalue weighted by atomic mass is 16.5. The first-order valence-corrected chi connectivity index (χ1v) is 8.34. The largest absolute Gasteiger partial charge is 0.496 e. The second-order valence-corrected chi connectivity index (χ2v) is 6.10. The maximum Gasteiger partial charge on any atom is 0.122 e. The predicted octanol–water partition coefficient (Wildman–Crippen LogP) is 3.09. The molecule has 1 aromatic carbocycles. The van der Waals surface area contributed by atoms with Crippen LogP contribution in [0.1, 0.15) is 38.7 Å². The second-order valence-electron chi connectivity index (χ2n) is 6.10. The molecule has 1 N–H and O–H groups in total. The lowest BCUT2D eigenvalue weighted by Gasteiger charge is -2.34. The summed E-state index contributed by atoms with van der Waals surface area (Å²) in [4.78, 5) is 2.59. The van der Waals surface area contributed by atoms with Gasteiger partial charge in [-0.1, -0.05) is 31.5 Å². The van der Waals surface area contributed by atoms with Crippen LogP contribution >= 0.6 is 0 Å². The first-order valence-electron chi connectivity index (χ1n) is 8.34. The molecule has 0 spiro atoms. The molecule has 0 aromatic heterocycles. The van der Waals surface area contributed by atoms with Gasteiger partial charge in [0.1, 0.15) is 5.75 Å². The molecule has 118 valence electrons. The van der Waals surface area contributed by atoms with Crippen molar-refractivity contribution in [1.29, 1.82) is 0 Å². The van der Waals surface area contributed by atoms with E-state index in [4.69, 9.17) is 4.74 Å². The predicted molar refractivity (Wildman–Crippen MR) is 89.0 cm³/mol. The highest BCUT2D eigenvalue weighted by molar-refractivity contribution is 5.33. The average Bonchev–Trinajstić information content (AvgIpc) is 2.54. The number of nitrogens with one attached hydrogen (secondary N) is 1. The van der Waals surface area contributed by atoms with Crippen molar-refractivity contribution in [2.45, 2.75) is 51.6 Å². The molecule has 21 heavy (non-hydrogen) atoms. The van der Waals surface area contributed by atoms with Crippen molar-refractivity contribution >= 4 is 0 Å². The zero-order valence-corrected chi connectivity index (χ0v) is 13.8. The zero-order valence-electron chi connectivity index (χ0n) is 13.8. The fourth-order valence-corrected chi connectivity index (χ4v) is 3.30. The van der Waals surface area contributed by atoms with E-state index < -0.39 is 0 Å².